The lowest BCUT2D eigenvalue weighted by atomic mass is 10.4. The number of ether oxygens (including phenoxy) is 1. The summed E-state index contributed by atoms with van der Waals surface area (Å²) in [5.41, 5.74) is 0. The molecule has 1 aromatic heterocycles. The van der Waals surface area contributed by atoms with E-state index in [1.807, 2.05) is 6.92 Å². The Bertz CT molecular complexity index is 421. The number of rotatable bonds is 7. The molecule has 2 rings (SSSR count). The molecule has 0 unspecified atom stereocenters. The fourth-order valence-electron chi connectivity index (χ4n) is 1.70. The van der Waals surface area contributed by atoms with Crippen LogP contribution < -0.4 is 9.64 Å². The third-order valence-corrected chi connectivity index (χ3v) is 2.67. The van der Waals surface area contributed by atoms with Gasteiger partial charge < -0.3 is 14.7 Å². The lowest BCUT2D eigenvalue weighted by Gasteiger charge is -2.21. The highest BCUT2D eigenvalue weighted by Gasteiger charge is 2.31. The molecular weight excluding hydrogens is 234 g/mol. The van der Waals surface area contributed by atoms with E-state index in [0.717, 1.165) is 19.3 Å². The first-order chi connectivity index (χ1) is 8.70. The molecule has 0 spiro atoms. The molecule has 1 saturated carbocycles. The number of nitrogens with zero attached hydrogens (tertiary/aromatic N) is 3. The van der Waals surface area contributed by atoms with Crippen LogP contribution in [0.1, 0.15) is 26.2 Å². The summed E-state index contributed by atoms with van der Waals surface area (Å²) in [7, 11) is 0. The smallest absolute Gasteiger partial charge is 0.323 e. The third-order valence-electron chi connectivity index (χ3n) is 2.67. The molecule has 98 valence electrons. The summed E-state index contributed by atoms with van der Waals surface area (Å²) in [6.07, 6.45) is 4.35. The monoisotopic (exact) mass is 251 g/mol. The molecule has 0 atom stereocenters. The Morgan fingerprint density at radius 2 is 2.33 bits per heavy atom. The summed E-state index contributed by atoms with van der Waals surface area (Å²) >= 11 is 0. The lowest BCUT2D eigenvalue weighted by Crippen LogP contribution is -2.32. The fourth-order valence-corrected chi connectivity index (χ4v) is 1.70. The molecule has 1 N–H and O–H groups in total. The first-order valence-electron chi connectivity index (χ1n) is 6.14. The van der Waals surface area contributed by atoms with E-state index >= 15 is 0 Å². The highest BCUT2D eigenvalue weighted by molar-refractivity contribution is 5.73. The predicted molar refractivity (Wildman–Crippen MR) is 65.8 cm³/mol. The van der Waals surface area contributed by atoms with Crippen LogP contribution in [-0.4, -0.2) is 40.2 Å². The van der Waals surface area contributed by atoms with E-state index in [4.69, 9.17) is 9.84 Å². The van der Waals surface area contributed by atoms with E-state index in [1.54, 1.807) is 11.0 Å². The number of anilines is 1. The van der Waals surface area contributed by atoms with Crippen LogP contribution >= 0.6 is 0 Å². The van der Waals surface area contributed by atoms with Gasteiger partial charge in [-0.2, -0.15) is 0 Å². The molecule has 1 heterocycles. The Labute approximate surface area is 106 Å². The highest BCUT2D eigenvalue weighted by atomic mass is 16.5. The largest absolute Gasteiger partial charge is 0.480 e. The van der Waals surface area contributed by atoms with Gasteiger partial charge in [-0.1, -0.05) is 6.92 Å². The van der Waals surface area contributed by atoms with Crippen LogP contribution in [0.3, 0.4) is 0 Å². The van der Waals surface area contributed by atoms with Crippen molar-refractivity contribution < 1.29 is 14.6 Å². The maximum Gasteiger partial charge on any atom is 0.323 e. The summed E-state index contributed by atoms with van der Waals surface area (Å²) in [5.74, 6) is 0.274. The zero-order valence-electron chi connectivity index (χ0n) is 10.4. The third kappa shape index (κ3) is 3.32. The minimum Gasteiger partial charge on any atom is -0.480 e. The van der Waals surface area contributed by atoms with Crippen LogP contribution in [0.4, 0.5) is 5.82 Å². The SMILES string of the molecule is CCCOc1cc(N(CC(=O)O)C2CC2)ncn1. The van der Waals surface area contributed by atoms with Crippen LogP contribution in [0.15, 0.2) is 12.4 Å². The Kier molecular flexibility index (Phi) is 3.96. The summed E-state index contributed by atoms with van der Waals surface area (Å²) in [4.78, 5) is 20.8. The van der Waals surface area contributed by atoms with Crippen LogP contribution in [0.5, 0.6) is 5.88 Å². The maximum absolute atomic E-state index is 10.9. The van der Waals surface area contributed by atoms with Crippen LogP contribution in [0.2, 0.25) is 0 Å². The van der Waals surface area contributed by atoms with Gasteiger partial charge in [0.05, 0.1) is 6.61 Å². The summed E-state index contributed by atoms with van der Waals surface area (Å²) < 4.78 is 5.43. The molecule has 0 aromatic carbocycles. The molecule has 0 radical (unpaired) electrons. The topological polar surface area (TPSA) is 75.5 Å². The minimum atomic E-state index is -0.850. The van der Waals surface area contributed by atoms with Gasteiger partial charge in [-0.15, -0.1) is 0 Å². The first kappa shape index (κ1) is 12.6. The first-order valence-corrected chi connectivity index (χ1v) is 6.14. The molecule has 0 bridgehead atoms. The predicted octanol–water partition coefficient (Wildman–Crippen LogP) is 1.32. The summed E-state index contributed by atoms with van der Waals surface area (Å²) in [6.45, 7) is 2.58. The molecule has 18 heavy (non-hydrogen) atoms. The van der Waals surface area contributed by atoms with Gasteiger partial charge in [0.15, 0.2) is 0 Å². The molecule has 0 saturated heterocycles. The van der Waals surface area contributed by atoms with Gasteiger partial charge in [0.1, 0.15) is 18.7 Å². The quantitative estimate of drug-likeness (QED) is 0.787. The van der Waals surface area contributed by atoms with Gasteiger partial charge in [0.2, 0.25) is 5.88 Å². The van der Waals surface area contributed by atoms with Crippen molar-refractivity contribution in [2.24, 2.45) is 0 Å². The molecule has 6 heteroatoms. The zero-order valence-corrected chi connectivity index (χ0v) is 10.4. The molecule has 1 aliphatic rings. The number of aliphatic carboxylic acids is 1. The van der Waals surface area contributed by atoms with Crippen molar-refractivity contribution in [2.45, 2.75) is 32.2 Å². The van der Waals surface area contributed by atoms with E-state index in [9.17, 15) is 4.79 Å². The van der Waals surface area contributed by atoms with Crippen LogP contribution in [0.25, 0.3) is 0 Å². The van der Waals surface area contributed by atoms with Gasteiger partial charge in [-0.25, -0.2) is 9.97 Å². The number of carbonyl (C=O) groups is 1. The molecule has 1 aromatic rings. The molecule has 0 aliphatic heterocycles. The Morgan fingerprint density at radius 3 is 2.94 bits per heavy atom. The minimum absolute atomic E-state index is 0.0328. The number of hydrogen-bond acceptors (Lipinski definition) is 5. The Morgan fingerprint density at radius 1 is 1.56 bits per heavy atom. The van der Waals surface area contributed by atoms with E-state index in [2.05, 4.69) is 9.97 Å². The number of carboxylic acid groups (broad SMARTS) is 1. The zero-order chi connectivity index (χ0) is 13.0. The van der Waals surface area contributed by atoms with E-state index in [0.29, 0.717) is 18.3 Å². The Hall–Kier alpha value is -1.85. The van der Waals surface area contributed by atoms with Crippen molar-refractivity contribution >= 4 is 11.8 Å². The second-order valence-corrected chi connectivity index (χ2v) is 4.32. The standard InChI is InChI=1S/C12H17N3O3/c1-2-5-18-11-6-10(13-8-14-11)15(7-12(16)17)9-3-4-9/h6,8-9H,2-5,7H2,1H3,(H,16,17). The molecule has 1 fully saturated rings. The average molecular weight is 251 g/mol. The van der Waals surface area contributed by atoms with Gasteiger partial charge >= 0.3 is 5.97 Å². The van der Waals surface area contributed by atoms with Crippen LogP contribution in [0, 0.1) is 0 Å². The molecule has 0 amide bonds. The van der Waals surface area contributed by atoms with Gasteiger partial charge in [-0.05, 0) is 19.3 Å². The van der Waals surface area contributed by atoms with E-state index in [1.165, 1.54) is 6.33 Å². The lowest BCUT2D eigenvalue weighted by molar-refractivity contribution is -0.135. The van der Waals surface area contributed by atoms with Crippen molar-refractivity contribution in [3.63, 3.8) is 0 Å². The van der Waals surface area contributed by atoms with Crippen molar-refractivity contribution in [3.05, 3.63) is 12.4 Å². The fraction of sp³-hybridized carbons (Fsp3) is 0.583. The number of aromatic nitrogens is 2. The molecular formula is C12H17N3O3. The van der Waals surface area contributed by atoms with Crippen molar-refractivity contribution in [1.29, 1.82) is 0 Å². The highest BCUT2D eigenvalue weighted by Crippen LogP contribution is 2.31. The second kappa shape index (κ2) is 5.66. The van der Waals surface area contributed by atoms with Crippen molar-refractivity contribution in [1.82, 2.24) is 9.97 Å². The van der Waals surface area contributed by atoms with Gasteiger partial charge in [-0.3, -0.25) is 4.79 Å². The maximum atomic E-state index is 10.9. The van der Waals surface area contributed by atoms with Gasteiger partial charge in [0, 0.05) is 12.1 Å². The van der Waals surface area contributed by atoms with Gasteiger partial charge in [0.25, 0.3) is 0 Å². The van der Waals surface area contributed by atoms with Crippen molar-refractivity contribution in [3.8, 4) is 5.88 Å². The summed E-state index contributed by atoms with van der Waals surface area (Å²) in [6, 6.07) is 1.99. The van der Waals surface area contributed by atoms with Crippen molar-refractivity contribution in [2.75, 3.05) is 18.1 Å². The normalized spacial score (nSPS) is 14.3. The number of hydrogen-bond donors (Lipinski definition) is 1. The van der Waals surface area contributed by atoms with E-state index in [-0.39, 0.29) is 12.6 Å². The van der Waals surface area contributed by atoms with Crippen LogP contribution in [-0.2, 0) is 4.79 Å². The second-order valence-electron chi connectivity index (χ2n) is 4.32. The molecule has 6 nitrogen and oxygen atoms in total. The Balaban J connectivity index is 2.11. The number of carboxylic acids is 1. The summed E-state index contributed by atoms with van der Waals surface area (Å²) in [5, 5.41) is 8.92. The van der Waals surface area contributed by atoms with E-state index < -0.39 is 5.97 Å². The average Bonchev–Trinajstić information content (AvgIpc) is 3.18. The molecule has 1 aliphatic carbocycles.